The van der Waals surface area contributed by atoms with Crippen molar-refractivity contribution in [2.24, 2.45) is 0 Å². The minimum Gasteiger partial charge on any atom is -0.366 e. The first-order valence-corrected chi connectivity index (χ1v) is 4.72. The molecule has 0 aliphatic rings. The number of nitrogen functional groups attached to an aromatic ring is 2. The summed E-state index contributed by atoms with van der Waals surface area (Å²) >= 11 is 0. The molecular weight excluding hydrogens is 224 g/mol. The maximum absolute atomic E-state index is 10.7. The van der Waals surface area contributed by atoms with Crippen LogP contribution in [0.4, 0.5) is 11.6 Å². The maximum Gasteiger partial charge on any atom is 0.272 e. The molecule has 2 rings (SSSR count). The lowest BCUT2D eigenvalue weighted by Crippen LogP contribution is -2.13. The normalized spacial score (nSPS) is 10.4. The number of hydrogen-bond donors (Lipinski definition) is 2. The molecule has 0 fully saturated rings. The second kappa shape index (κ2) is 3.74. The first-order chi connectivity index (χ1) is 8.00. The van der Waals surface area contributed by atoms with E-state index in [1.165, 1.54) is 6.07 Å². The molecule has 2 aromatic rings. The van der Waals surface area contributed by atoms with Crippen LogP contribution in [0.5, 0.6) is 0 Å². The fourth-order valence-electron chi connectivity index (χ4n) is 1.50. The van der Waals surface area contributed by atoms with Crippen molar-refractivity contribution in [3.8, 4) is 11.4 Å². The molecule has 0 saturated heterocycles. The van der Waals surface area contributed by atoms with Crippen molar-refractivity contribution in [2.75, 3.05) is 11.6 Å². The van der Waals surface area contributed by atoms with Gasteiger partial charge in [-0.15, -0.1) is 10.2 Å². The molecule has 0 amide bonds. The van der Waals surface area contributed by atoms with Crippen LogP contribution in [0.2, 0.25) is 0 Å². The van der Waals surface area contributed by atoms with E-state index in [-0.39, 0.29) is 11.6 Å². The van der Waals surface area contributed by atoms with Crippen molar-refractivity contribution in [2.45, 2.75) is 6.92 Å². The zero-order valence-electron chi connectivity index (χ0n) is 8.99. The quantitative estimate of drug-likeness (QED) is 0.441. The second-order valence-electron chi connectivity index (χ2n) is 3.51. The summed E-state index contributed by atoms with van der Waals surface area (Å²) in [6.45, 7) is 1.64. The highest BCUT2D eigenvalue weighted by molar-refractivity contribution is 5.61. The minimum atomic E-state index is -0.444. The molecule has 17 heavy (non-hydrogen) atoms. The first kappa shape index (κ1) is 10.9. The van der Waals surface area contributed by atoms with Gasteiger partial charge in [0.15, 0.2) is 5.82 Å². The zero-order chi connectivity index (χ0) is 12.6. The van der Waals surface area contributed by atoms with Crippen molar-refractivity contribution < 1.29 is 4.92 Å². The van der Waals surface area contributed by atoms with E-state index < -0.39 is 4.92 Å². The highest BCUT2D eigenvalue weighted by atomic mass is 16.6. The molecule has 0 atom stereocenters. The molecule has 0 saturated carbocycles. The molecule has 0 unspecified atom stereocenters. The lowest BCUT2D eigenvalue weighted by atomic mass is 10.1. The SMILES string of the molecule is Cc1cc(-c2nnc(N)n2N)ccc1[N+](=O)[O-]. The van der Waals surface area contributed by atoms with Crippen LogP contribution in [0.1, 0.15) is 5.56 Å². The van der Waals surface area contributed by atoms with Crippen LogP contribution >= 0.6 is 0 Å². The summed E-state index contributed by atoms with van der Waals surface area (Å²) in [6.07, 6.45) is 0. The Morgan fingerprint density at radius 3 is 2.59 bits per heavy atom. The summed E-state index contributed by atoms with van der Waals surface area (Å²) in [7, 11) is 0. The van der Waals surface area contributed by atoms with Crippen molar-refractivity contribution in [1.82, 2.24) is 14.9 Å². The van der Waals surface area contributed by atoms with Gasteiger partial charge >= 0.3 is 0 Å². The largest absolute Gasteiger partial charge is 0.366 e. The standard InChI is InChI=1S/C9H10N6O2/c1-5-4-6(2-3-7(5)15(16)17)8-12-13-9(10)14(8)11/h2-4H,11H2,1H3,(H2,10,13). The van der Waals surface area contributed by atoms with Crippen molar-refractivity contribution in [1.29, 1.82) is 0 Å². The average molecular weight is 234 g/mol. The van der Waals surface area contributed by atoms with Gasteiger partial charge in [-0.1, -0.05) is 0 Å². The molecule has 1 aromatic carbocycles. The fraction of sp³-hybridized carbons (Fsp3) is 0.111. The number of aryl methyl sites for hydroxylation is 1. The van der Waals surface area contributed by atoms with E-state index in [2.05, 4.69) is 10.2 Å². The van der Waals surface area contributed by atoms with Crippen LogP contribution in [-0.4, -0.2) is 19.8 Å². The van der Waals surface area contributed by atoms with Crippen LogP contribution in [0.15, 0.2) is 18.2 Å². The molecular formula is C9H10N6O2. The second-order valence-corrected chi connectivity index (χ2v) is 3.51. The Labute approximate surface area is 96.0 Å². The van der Waals surface area contributed by atoms with Crippen LogP contribution in [0.3, 0.4) is 0 Å². The van der Waals surface area contributed by atoms with Gasteiger partial charge in [-0.05, 0) is 19.1 Å². The van der Waals surface area contributed by atoms with Gasteiger partial charge in [-0.2, -0.15) is 0 Å². The van der Waals surface area contributed by atoms with Crippen LogP contribution in [0, 0.1) is 17.0 Å². The lowest BCUT2D eigenvalue weighted by molar-refractivity contribution is -0.385. The summed E-state index contributed by atoms with van der Waals surface area (Å²) < 4.78 is 1.13. The lowest BCUT2D eigenvalue weighted by Gasteiger charge is -2.03. The number of rotatable bonds is 2. The zero-order valence-corrected chi connectivity index (χ0v) is 8.99. The van der Waals surface area contributed by atoms with Gasteiger partial charge in [-0.25, -0.2) is 4.68 Å². The van der Waals surface area contributed by atoms with Crippen LogP contribution in [0.25, 0.3) is 11.4 Å². The summed E-state index contributed by atoms with van der Waals surface area (Å²) in [5.74, 6) is 6.06. The molecule has 0 aliphatic carbocycles. The number of benzene rings is 1. The van der Waals surface area contributed by atoms with Gasteiger partial charge in [0.2, 0.25) is 5.95 Å². The van der Waals surface area contributed by atoms with E-state index in [1.807, 2.05) is 0 Å². The number of nitrogens with zero attached hydrogens (tertiary/aromatic N) is 4. The van der Waals surface area contributed by atoms with E-state index in [0.717, 1.165) is 4.68 Å². The molecule has 0 bridgehead atoms. The number of aromatic nitrogens is 3. The summed E-state index contributed by atoms with van der Waals surface area (Å²) in [4.78, 5) is 10.2. The Balaban J connectivity index is 2.52. The van der Waals surface area contributed by atoms with Gasteiger partial charge in [0.05, 0.1) is 4.92 Å². The Hall–Kier alpha value is -2.64. The molecule has 88 valence electrons. The Morgan fingerprint density at radius 2 is 2.12 bits per heavy atom. The van der Waals surface area contributed by atoms with E-state index in [0.29, 0.717) is 17.0 Å². The van der Waals surface area contributed by atoms with Gasteiger partial charge in [0, 0.05) is 17.2 Å². The summed E-state index contributed by atoms with van der Waals surface area (Å²) in [6, 6.07) is 4.57. The topological polar surface area (TPSA) is 126 Å². The smallest absolute Gasteiger partial charge is 0.272 e. The van der Waals surface area contributed by atoms with Gasteiger partial charge in [0.1, 0.15) is 0 Å². The van der Waals surface area contributed by atoms with Crippen molar-refractivity contribution in [3.05, 3.63) is 33.9 Å². The Bertz CT molecular complexity index is 591. The third kappa shape index (κ3) is 1.75. The van der Waals surface area contributed by atoms with E-state index >= 15 is 0 Å². The van der Waals surface area contributed by atoms with Crippen LogP contribution < -0.4 is 11.6 Å². The minimum absolute atomic E-state index is 0.0461. The molecule has 0 aliphatic heterocycles. The summed E-state index contributed by atoms with van der Waals surface area (Å²) in [5, 5.41) is 18.1. The van der Waals surface area contributed by atoms with Crippen molar-refractivity contribution >= 4 is 11.6 Å². The molecule has 1 heterocycles. The molecule has 1 aromatic heterocycles. The molecule has 0 spiro atoms. The molecule has 0 radical (unpaired) electrons. The highest BCUT2D eigenvalue weighted by Gasteiger charge is 2.14. The average Bonchev–Trinajstić information content (AvgIpc) is 2.59. The van der Waals surface area contributed by atoms with Gasteiger partial charge < -0.3 is 11.6 Å². The van der Waals surface area contributed by atoms with Gasteiger partial charge in [0.25, 0.3) is 5.69 Å². The van der Waals surface area contributed by atoms with E-state index in [9.17, 15) is 10.1 Å². The number of nitro groups is 1. The highest BCUT2D eigenvalue weighted by Crippen LogP contribution is 2.24. The van der Waals surface area contributed by atoms with Crippen LogP contribution in [-0.2, 0) is 0 Å². The van der Waals surface area contributed by atoms with E-state index in [1.54, 1.807) is 19.1 Å². The Morgan fingerprint density at radius 1 is 1.41 bits per heavy atom. The van der Waals surface area contributed by atoms with Crippen molar-refractivity contribution in [3.63, 3.8) is 0 Å². The first-order valence-electron chi connectivity index (χ1n) is 4.72. The molecule has 8 heteroatoms. The Kier molecular flexibility index (Phi) is 2.39. The fourth-order valence-corrected chi connectivity index (χ4v) is 1.50. The summed E-state index contributed by atoms with van der Waals surface area (Å²) in [5.41, 5.74) is 6.64. The number of nitro benzene ring substituents is 1. The third-order valence-electron chi connectivity index (χ3n) is 2.37. The number of anilines is 1. The number of nitrogens with two attached hydrogens (primary N) is 2. The van der Waals surface area contributed by atoms with Gasteiger partial charge in [-0.3, -0.25) is 10.1 Å². The molecule has 8 nitrogen and oxygen atoms in total. The van der Waals surface area contributed by atoms with E-state index in [4.69, 9.17) is 11.6 Å². The number of hydrogen-bond acceptors (Lipinski definition) is 6. The molecule has 4 N–H and O–H groups in total. The monoisotopic (exact) mass is 234 g/mol. The third-order valence-corrected chi connectivity index (χ3v) is 2.37. The predicted molar refractivity (Wildman–Crippen MR) is 61.4 cm³/mol. The maximum atomic E-state index is 10.7. The predicted octanol–water partition coefficient (Wildman–Crippen LogP) is 0.458.